The second-order valence-corrected chi connectivity index (χ2v) is 1.16. The molecule has 0 saturated carbocycles. The summed E-state index contributed by atoms with van der Waals surface area (Å²) in [5, 5.41) is 0. The number of hydrogen-bond donors (Lipinski definition) is 0. The highest BCUT2D eigenvalue weighted by Gasteiger charge is 1.75. The van der Waals surface area contributed by atoms with E-state index in [0.29, 0.717) is 0 Å². The molecule has 0 aliphatic heterocycles. The van der Waals surface area contributed by atoms with Crippen LogP contribution < -0.4 is 0 Å². The predicted molar refractivity (Wildman–Crippen MR) is 23.4 cm³/mol. The molecule has 1 heteroatoms. The van der Waals surface area contributed by atoms with Crippen LogP contribution in [0.25, 0.3) is 0 Å². The van der Waals surface area contributed by atoms with Crippen LogP contribution in [0.4, 0.5) is 0 Å². The Hall–Kier alpha value is -0.720. The second kappa shape index (κ2) is 1.17. The summed E-state index contributed by atoms with van der Waals surface area (Å²) in [7, 11) is 0. The molecule has 0 unspecified atom stereocenters. The fourth-order valence-corrected chi connectivity index (χ4v) is 0.312. The molecule has 32 valence electrons. The van der Waals surface area contributed by atoms with Gasteiger partial charge in [0.2, 0.25) is 0 Å². The highest BCUT2D eigenvalue weighted by atomic mass is 16.3. The van der Waals surface area contributed by atoms with Gasteiger partial charge in [0.1, 0.15) is 7.13 Å². The highest BCUT2D eigenvalue weighted by molar-refractivity contribution is 4.93. The summed E-state index contributed by atoms with van der Waals surface area (Å²) in [6, 6.07) is 3.39. The molecule has 1 heterocycles. The summed E-state index contributed by atoms with van der Waals surface area (Å²) < 4.78 is 11.6. The fourth-order valence-electron chi connectivity index (χ4n) is 0.312. The Morgan fingerprint density at radius 3 is 3.00 bits per heavy atom. The maximum atomic E-state index is 6.85. The summed E-state index contributed by atoms with van der Waals surface area (Å²) in [6.45, 7) is 1.82. The fraction of sp³-hybridized carbons (Fsp3) is 0.200. The third-order valence-corrected chi connectivity index (χ3v) is 0.606. The average molecular weight is 84.1 g/mol. The number of furan rings is 1. The van der Waals surface area contributed by atoms with E-state index in [9.17, 15) is 0 Å². The van der Waals surface area contributed by atoms with Gasteiger partial charge in [-0.05, 0) is 19.1 Å². The molecule has 0 saturated heterocycles. The van der Waals surface area contributed by atoms with Crippen LogP contribution in [0, 0.1) is 6.92 Å². The minimum Gasteiger partial charge on any atom is -0.470 e. The maximum Gasteiger partial charge on any atom is 0.104 e. The van der Waals surface area contributed by atoms with Crippen molar-refractivity contribution in [3.63, 3.8) is 0 Å². The first-order chi connectivity index (χ1) is 3.29. The van der Waals surface area contributed by atoms with E-state index in [-0.39, 0.29) is 6.24 Å². The monoisotopic (exact) mass is 84.1 g/mol. The summed E-state index contributed by atoms with van der Waals surface area (Å²) in [4.78, 5) is 0. The normalized spacial score (nSPS) is 11.2. The molecule has 0 amide bonds. The molecule has 0 radical (unpaired) electrons. The Bertz CT molecular complexity index is 140. The zero-order chi connectivity index (χ0) is 5.28. The molecule has 0 aliphatic rings. The van der Waals surface area contributed by atoms with Crippen LogP contribution in [0.5, 0.6) is 0 Å². The van der Waals surface area contributed by atoms with Crippen molar-refractivity contribution in [3.05, 3.63) is 24.1 Å². The van der Waals surface area contributed by atoms with Crippen LogP contribution in [0.15, 0.2) is 22.8 Å². The first kappa shape index (κ1) is 2.45. The quantitative estimate of drug-likeness (QED) is 0.465. The topological polar surface area (TPSA) is 13.1 Å². The van der Waals surface area contributed by atoms with Crippen molar-refractivity contribution in [2.75, 3.05) is 0 Å². The van der Waals surface area contributed by atoms with Crippen molar-refractivity contribution in [2.45, 2.75) is 6.92 Å². The first-order valence-electron chi connectivity index (χ1n) is 2.32. The number of rotatable bonds is 0. The van der Waals surface area contributed by atoms with E-state index in [1.165, 1.54) is 0 Å². The van der Waals surface area contributed by atoms with E-state index in [0.717, 1.165) is 5.76 Å². The van der Waals surface area contributed by atoms with Crippen molar-refractivity contribution in [2.24, 2.45) is 0 Å². The van der Waals surface area contributed by atoms with Gasteiger partial charge in [-0.1, -0.05) is 0 Å². The first-order valence-corrected chi connectivity index (χ1v) is 1.82. The van der Waals surface area contributed by atoms with Gasteiger partial charge >= 0.3 is 0 Å². The average Bonchev–Trinajstić information content (AvgIpc) is 1.87. The molecule has 1 aromatic heterocycles. The smallest absolute Gasteiger partial charge is 0.104 e. The SMILES string of the molecule is [3H]c1ccc(C)o1. The molecule has 0 fully saturated rings. The summed E-state index contributed by atoms with van der Waals surface area (Å²) in [6.07, 6.45) is 0.234. The Morgan fingerprint density at radius 2 is 2.83 bits per heavy atom. The van der Waals surface area contributed by atoms with Crippen LogP contribution in [-0.2, 0) is 0 Å². The van der Waals surface area contributed by atoms with Crippen LogP contribution in [0.2, 0.25) is 0 Å². The molecule has 0 N–H and O–H groups in total. The lowest BCUT2D eigenvalue weighted by Crippen LogP contribution is -1.48. The van der Waals surface area contributed by atoms with Gasteiger partial charge in [0.15, 0.2) is 0 Å². The molecule has 0 aliphatic carbocycles. The summed E-state index contributed by atoms with van der Waals surface area (Å²) in [5.41, 5.74) is 0. The van der Waals surface area contributed by atoms with Gasteiger partial charge in [-0.2, -0.15) is 0 Å². The summed E-state index contributed by atoms with van der Waals surface area (Å²) >= 11 is 0. The third kappa shape index (κ3) is 0.432. The molecular weight excluding hydrogens is 76.1 g/mol. The van der Waals surface area contributed by atoms with Crippen LogP contribution in [0.3, 0.4) is 0 Å². The van der Waals surface area contributed by atoms with Crippen LogP contribution in [-0.4, -0.2) is 0 Å². The van der Waals surface area contributed by atoms with Gasteiger partial charge in [0.05, 0.1) is 6.24 Å². The molecule has 0 aromatic carbocycles. The zero-order valence-electron chi connectivity index (χ0n) is 4.56. The Morgan fingerprint density at radius 1 is 2.00 bits per heavy atom. The zero-order valence-corrected chi connectivity index (χ0v) is 3.56. The van der Waals surface area contributed by atoms with Crippen molar-refractivity contribution in [1.29, 1.82) is 0 Å². The van der Waals surface area contributed by atoms with E-state index in [4.69, 9.17) is 5.79 Å². The van der Waals surface area contributed by atoms with Crippen molar-refractivity contribution < 1.29 is 5.79 Å². The lowest BCUT2D eigenvalue weighted by atomic mass is 10.5. The number of hydrogen-bond acceptors (Lipinski definition) is 1. The van der Waals surface area contributed by atoms with Crippen molar-refractivity contribution in [1.82, 2.24) is 0 Å². The molecular formula is C5H6O. The molecule has 0 atom stereocenters. The largest absolute Gasteiger partial charge is 0.470 e. The molecule has 1 aromatic rings. The van der Waals surface area contributed by atoms with E-state index in [1.54, 1.807) is 12.1 Å². The number of aryl methyl sites for hydroxylation is 1. The predicted octanol–water partition coefficient (Wildman–Crippen LogP) is 1.59. The van der Waals surface area contributed by atoms with Crippen LogP contribution in [0.1, 0.15) is 7.13 Å². The Labute approximate surface area is 38.0 Å². The van der Waals surface area contributed by atoms with Gasteiger partial charge < -0.3 is 4.42 Å². The standard InChI is InChI=1S/C5H6O/c1-5-3-2-4-6-5/h2-4H,1H3/i4T. The molecule has 0 bridgehead atoms. The lowest BCUT2D eigenvalue weighted by molar-refractivity contribution is 0.534. The minimum absolute atomic E-state index is 0.234. The lowest BCUT2D eigenvalue weighted by Gasteiger charge is -1.69. The maximum absolute atomic E-state index is 6.85. The van der Waals surface area contributed by atoms with Gasteiger partial charge in [0, 0.05) is 0 Å². The molecule has 1 nitrogen and oxygen atoms in total. The summed E-state index contributed by atoms with van der Waals surface area (Å²) in [5.74, 6) is 0.796. The van der Waals surface area contributed by atoms with Gasteiger partial charge in [-0.25, -0.2) is 0 Å². The van der Waals surface area contributed by atoms with E-state index in [1.807, 2.05) is 6.92 Å². The molecule has 1 rings (SSSR count). The molecule has 6 heavy (non-hydrogen) atoms. The van der Waals surface area contributed by atoms with Crippen molar-refractivity contribution >= 4 is 0 Å². The van der Waals surface area contributed by atoms with Crippen LogP contribution >= 0.6 is 0 Å². The van der Waals surface area contributed by atoms with Crippen molar-refractivity contribution in [3.8, 4) is 0 Å². The minimum atomic E-state index is 0.234. The van der Waals surface area contributed by atoms with E-state index < -0.39 is 0 Å². The molecule has 0 spiro atoms. The third-order valence-electron chi connectivity index (χ3n) is 0.606. The Balaban J connectivity index is 3.04. The van der Waals surface area contributed by atoms with E-state index in [2.05, 4.69) is 0 Å². The second-order valence-electron chi connectivity index (χ2n) is 1.16. The van der Waals surface area contributed by atoms with Gasteiger partial charge in [-0.15, -0.1) is 0 Å². The highest BCUT2D eigenvalue weighted by Crippen LogP contribution is 1.93. The Kier molecular flexibility index (Phi) is 0.477. The van der Waals surface area contributed by atoms with Gasteiger partial charge in [-0.3, -0.25) is 0 Å². The van der Waals surface area contributed by atoms with E-state index >= 15 is 0 Å². The van der Waals surface area contributed by atoms with Gasteiger partial charge in [0.25, 0.3) is 0 Å².